The van der Waals surface area contributed by atoms with Crippen LogP contribution in [0, 0.1) is 11.7 Å². The highest BCUT2D eigenvalue weighted by atomic mass is 35.5. The van der Waals surface area contributed by atoms with E-state index in [1.165, 1.54) is 27.9 Å². The molecule has 1 aromatic heterocycles. The molecule has 3 aliphatic heterocycles. The van der Waals surface area contributed by atoms with Crippen LogP contribution in [0.1, 0.15) is 39.3 Å². The maximum atomic E-state index is 14.2. The number of ketones is 1. The number of halogens is 2. The van der Waals surface area contributed by atoms with E-state index in [0.717, 1.165) is 0 Å². The van der Waals surface area contributed by atoms with Crippen molar-refractivity contribution in [2.24, 2.45) is 5.92 Å². The number of ether oxygens (including phenoxy) is 1. The average molecular weight is 462 g/mol. The topological polar surface area (TPSA) is 92.1 Å². The van der Waals surface area contributed by atoms with Crippen LogP contribution in [0.4, 0.5) is 4.39 Å². The summed E-state index contributed by atoms with van der Waals surface area (Å²) in [5.74, 6) is -2.20. The van der Waals surface area contributed by atoms with Gasteiger partial charge >= 0.3 is 0 Å². The Morgan fingerprint density at radius 3 is 2.88 bits per heavy atom. The van der Waals surface area contributed by atoms with E-state index in [0.29, 0.717) is 19.6 Å². The molecule has 10 heteroatoms. The Balaban J connectivity index is 1.52. The Kier molecular flexibility index (Phi) is 4.98. The summed E-state index contributed by atoms with van der Waals surface area (Å²) < 4.78 is 21.2. The van der Waals surface area contributed by atoms with Crippen molar-refractivity contribution < 1.29 is 23.8 Å². The predicted molar refractivity (Wildman–Crippen MR) is 113 cm³/mol. The molecule has 5 rings (SSSR count). The van der Waals surface area contributed by atoms with Crippen molar-refractivity contribution in [2.45, 2.75) is 31.5 Å². The first-order valence-corrected chi connectivity index (χ1v) is 10.8. The van der Waals surface area contributed by atoms with E-state index >= 15 is 0 Å². The number of aryl methyl sites for hydroxylation is 1. The Hall–Kier alpha value is -2.91. The van der Waals surface area contributed by atoms with Crippen molar-refractivity contribution in [3.8, 4) is 5.75 Å². The van der Waals surface area contributed by atoms with Gasteiger partial charge in [-0.15, -0.1) is 0 Å². The van der Waals surface area contributed by atoms with E-state index in [9.17, 15) is 23.9 Å². The molecule has 3 atom stereocenters. The highest BCUT2D eigenvalue weighted by Gasteiger charge is 2.51. The van der Waals surface area contributed by atoms with Crippen LogP contribution in [0.5, 0.6) is 5.75 Å². The number of amides is 1. The summed E-state index contributed by atoms with van der Waals surface area (Å²) in [5, 5.41) is 12.5. The van der Waals surface area contributed by atoms with Gasteiger partial charge in [-0.25, -0.2) is 4.39 Å². The van der Waals surface area contributed by atoms with Crippen LogP contribution in [-0.4, -0.2) is 58.8 Å². The monoisotopic (exact) mass is 461 g/mol. The van der Waals surface area contributed by atoms with E-state index in [1.54, 1.807) is 13.1 Å². The van der Waals surface area contributed by atoms with Crippen LogP contribution < -0.4 is 10.4 Å². The number of hydrogen-bond acceptors (Lipinski definition) is 6. The van der Waals surface area contributed by atoms with Crippen molar-refractivity contribution in [3.63, 3.8) is 0 Å². The largest absolute Gasteiger partial charge is 0.502 e. The maximum Gasteiger partial charge on any atom is 0.277 e. The number of pyridine rings is 1. The number of benzene rings is 1. The van der Waals surface area contributed by atoms with Crippen LogP contribution in [-0.2, 0) is 11.2 Å². The Labute approximate surface area is 187 Å². The standard InChI is InChI=1S/C22H21ClFN3O5/c1-25-17-7-12-9-32-10-15(12)27(17)26-8-13(20(29)21(30)19(26)22(25)31)16(28)6-5-11-3-2-4-14(23)18(11)24/h2-4,8,12,15,17,30H,5-7,9-10H2,1H3/t12-,15+,17+/m1/s1. The molecule has 32 heavy (non-hydrogen) atoms. The lowest BCUT2D eigenvalue weighted by molar-refractivity contribution is 0.0619. The second-order valence-corrected chi connectivity index (χ2v) is 8.83. The van der Waals surface area contributed by atoms with Gasteiger partial charge in [0.2, 0.25) is 5.43 Å². The molecule has 0 spiro atoms. The van der Waals surface area contributed by atoms with Crippen LogP contribution in [0.3, 0.4) is 0 Å². The quantitative estimate of drug-likeness (QED) is 0.699. The lowest BCUT2D eigenvalue weighted by Crippen LogP contribution is -2.60. The van der Waals surface area contributed by atoms with Gasteiger partial charge in [0.05, 0.1) is 29.8 Å². The molecule has 8 nitrogen and oxygen atoms in total. The molecule has 0 aliphatic carbocycles. The molecule has 1 amide bonds. The van der Waals surface area contributed by atoms with Crippen LogP contribution >= 0.6 is 11.6 Å². The first kappa shape index (κ1) is 21.0. The van der Waals surface area contributed by atoms with Crippen molar-refractivity contribution >= 4 is 23.3 Å². The molecule has 4 heterocycles. The van der Waals surface area contributed by atoms with Gasteiger partial charge < -0.3 is 14.7 Å². The number of fused-ring (bicyclic) bond motifs is 5. The second kappa shape index (κ2) is 7.60. The molecule has 0 bridgehead atoms. The number of carbonyl (C=O) groups excluding carboxylic acids is 2. The molecule has 0 saturated carbocycles. The number of carbonyl (C=O) groups is 2. The van der Waals surface area contributed by atoms with Gasteiger partial charge in [-0.1, -0.05) is 23.7 Å². The number of nitrogens with zero attached hydrogens (tertiary/aromatic N) is 3. The molecule has 2 aromatic rings. The molecule has 0 radical (unpaired) electrons. The van der Waals surface area contributed by atoms with E-state index in [1.807, 2.05) is 5.01 Å². The first-order chi connectivity index (χ1) is 15.3. The number of Topliss-reactive ketones (excluding diaryl/α,β-unsaturated/α-hetero) is 1. The molecule has 1 aromatic carbocycles. The fraction of sp³-hybridized carbons (Fsp3) is 0.409. The molecule has 2 fully saturated rings. The minimum absolute atomic E-state index is 0.0414. The zero-order chi connectivity index (χ0) is 22.7. The third-order valence-electron chi connectivity index (χ3n) is 6.66. The van der Waals surface area contributed by atoms with E-state index in [2.05, 4.69) is 0 Å². The van der Waals surface area contributed by atoms with E-state index in [4.69, 9.17) is 16.3 Å². The van der Waals surface area contributed by atoms with Crippen molar-refractivity contribution in [1.82, 2.24) is 9.58 Å². The third-order valence-corrected chi connectivity index (χ3v) is 6.95. The van der Waals surface area contributed by atoms with Gasteiger partial charge in [-0.3, -0.25) is 24.1 Å². The van der Waals surface area contributed by atoms with Crippen molar-refractivity contribution in [1.29, 1.82) is 0 Å². The average Bonchev–Trinajstić information content (AvgIpc) is 3.36. The van der Waals surface area contributed by atoms with Gasteiger partial charge in [-0.05, 0) is 24.5 Å². The first-order valence-electron chi connectivity index (χ1n) is 10.4. The lowest BCUT2D eigenvalue weighted by atomic mass is 10.0. The minimum atomic E-state index is -0.911. The summed E-state index contributed by atoms with van der Waals surface area (Å²) in [7, 11) is 1.63. The number of aromatic hydroxyl groups is 1. The smallest absolute Gasteiger partial charge is 0.277 e. The number of hydrogen-bond donors (Lipinski definition) is 1. The van der Waals surface area contributed by atoms with E-state index in [-0.39, 0.29) is 52.8 Å². The molecule has 1 N–H and O–H groups in total. The third kappa shape index (κ3) is 3.02. The van der Waals surface area contributed by atoms with Crippen LogP contribution in [0.25, 0.3) is 0 Å². The maximum absolute atomic E-state index is 14.2. The highest BCUT2D eigenvalue weighted by molar-refractivity contribution is 6.30. The summed E-state index contributed by atoms with van der Waals surface area (Å²) in [5.41, 5.74) is -1.06. The summed E-state index contributed by atoms with van der Waals surface area (Å²) in [6, 6.07) is 4.48. The van der Waals surface area contributed by atoms with Crippen LogP contribution in [0.15, 0.2) is 29.2 Å². The van der Waals surface area contributed by atoms with Crippen molar-refractivity contribution in [2.75, 3.05) is 25.3 Å². The zero-order valence-electron chi connectivity index (χ0n) is 17.3. The fourth-order valence-corrected chi connectivity index (χ4v) is 5.13. The van der Waals surface area contributed by atoms with Crippen molar-refractivity contribution in [3.05, 3.63) is 62.3 Å². The zero-order valence-corrected chi connectivity index (χ0v) is 18.0. The summed E-state index contributed by atoms with van der Waals surface area (Å²) in [6.45, 7) is 1.02. The predicted octanol–water partition coefficient (Wildman–Crippen LogP) is 1.93. The molecule has 3 aliphatic rings. The van der Waals surface area contributed by atoms with Gasteiger partial charge in [0, 0.05) is 25.6 Å². The lowest BCUT2D eigenvalue weighted by Gasteiger charge is -2.43. The Bertz CT molecular complexity index is 1200. The Morgan fingerprint density at radius 1 is 1.31 bits per heavy atom. The summed E-state index contributed by atoms with van der Waals surface area (Å²) in [6.07, 6.45) is 1.64. The molecule has 2 saturated heterocycles. The molecule has 0 unspecified atom stereocenters. The molecular weight excluding hydrogens is 441 g/mol. The summed E-state index contributed by atoms with van der Waals surface area (Å²) in [4.78, 5) is 40.1. The van der Waals surface area contributed by atoms with E-state index < -0.39 is 28.7 Å². The SMILES string of the molecule is CN1C(=O)c2c(O)c(=O)c(C(=O)CCc3cccc(Cl)c3F)cn2N2[C@H]3COC[C@H]3C[C@@H]12. The van der Waals surface area contributed by atoms with Gasteiger partial charge in [0.1, 0.15) is 12.0 Å². The minimum Gasteiger partial charge on any atom is -0.502 e. The molecule has 168 valence electrons. The fourth-order valence-electron chi connectivity index (χ4n) is 4.94. The van der Waals surface area contributed by atoms with Gasteiger partial charge in [0.25, 0.3) is 5.91 Å². The van der Waals surface area contributed by atoms with Gasteiger partial charge in [-0.2, -0.15) is 0 Å². The van der Waals surface area contributed by atoms with Crippen LogP contribution in [0.2, 0.25) is 5.02 Å². The number of rotatable bonds is 4. The number of aromatic nitrogens is 1. The highest BCUT2D eigenvalue weighted by Crippen LogP contribution is 2.38. The second-order valence-electron chi connectivity index (χ2n) is 8.43. The Morgan fingerprint density at radius 2 is 2.09 bits per heavy atom. The normalized spacial score (nSPS) is 23.8. The summed E-state index contributed by atoms with van der Waals surface area (Å²) >= 11 is 5.79. The molecular formula is C22H21ClFN3O5. The van der Waals surface area contributed by atoms with Gasteiger partial charge in [0.15, 0.2) is 17.2 Å².